The van der Waals surface area contributed by atoms with E-state index in [2.05, 4.69) is 34.3 Å². The molecule has 1 aromatic heterocycles. The fourth-order valence-corrected chi connectivity index (χ4v) is 4.59. The highest BCUT2D eigenvalue weighted by molar-refractivity contribution is 7.18. The van der Waals surface area contributed by atoms with Crippen molar-refractivity contribution in [2.24, 2.45) is 10.2 Å². The number of azo groups is 1. The highest BCUT2D eigenvalue weighted by Crippen LogP contribution is 2.30. The van der Waals surface area contributed by atoms with E-state index in [1.807, 2.05) is 48.5 Å². The Morgan fingerprint density at radius 1 is 0.595 bits per heavy atom. The molecule has 6 nitrogen and oxygen atoms in total. The van der Waals surface area contributed by atoms with Gasteiger partial charge in [0.05, 0.1) is 18.9 Å². The third-order valence-corrected chi connectivity index (χ3v) is 6.99. The minimum atomic E-state index is 0.529. The number of ether oxygens (including phenoxy) is 2. The highest BCUT2D eigenvalue weighted by atomic mass is 32.1. The first kappa shape index (κ1) is 28.8. The van der Waals surface area contributed by atoms with Crippen molar-refractivity contribution in [1.82, 2.24) is 10.2 Å². The standard InChI is InChI=1S/C30H42N4O2S/c1-3-5-7-9-10-11-12-14-24-36-28-21-17-26(18-22-28)31-33-30-34-32-29(37-30)25-15-19-27(20-16-25)35-23-13-8-6-4-2/h15-22H,3-14,23-24H2,1-2H3. The van der Waals surface area contributed by atoms with Gasteiger partial charge in [-0.2, -0.15) is 0 Å². The summed E-state index contributed by atoms with van der Waals surface area (Å²) in [7, 11) is 0. The van der Waals surface area contributed by atoms with E-state index >= 15 is 0 Å². The van der Waals surface area contributed by atoms with Crippen LogP contribution < -0.4 is 9.47 Å². The van der Waals surface area contributed by atoms with Crippen LogP contribution in [-0.2, 0) is 0 Å². The molecule has 200 valence electrons. The molecule has 0 aliphatic carbocycles. The average molecular weight is 523 g/mol. The lowest BCUT2D eigenvalue weighted by Gasteiger charge is -2.06. The molecule has 1 heterocycles. The van der Waals surface area contributed by atoms with Crippen molar-refractivity contribution in [3.63, 3.8) is 0 Å². The van der Waals surface area contributed by atoms with Gasteiger partial charge in [0.25, 0.3) is 5.13 Å². The smallest absolute Gasteiger partial charge is 0.252 e. The van der Waals surface area contributed by atoms with Gasteiger partial charge in [0.1, 0.15) is 16.5 Å². The number of hydrogen-bond donors (Lipinski definition) is 0. The molecule has 0 aliphatic heterocycles. The summed E-state index contributed by atoms with van der Waals surface area (Å²) in [4.78, 5) is 0. The summed E-state index contributed by atoms with van der Waals surface area (Å²) in [5, 5.41) is 18.3. The van der Waals surface area contributed by atoms with Gasteiger partial charge in [0.15, 0.2) is 0 Å². The molecule has 0 amide bonds. The largest absolute Gasteiger partial charge is 0.494 e. The fraction of sp³-hybridized carbons (Fsp3) is 0.533. The molecule has 0 saturated carbocycles. The van der Waals surface area contributed by atoms with Gasteiger partial charge in [-0.25, -0.2) is 0 Å². The molecule has 7 heteroatoms. The van der Waals surface area contributed by atoms with Crippen LogP contribution in [0.15, 0.2) is 58.8 Å². The molecule has 0 radical (unpaired) electrons. The van der Waals surface area contributed by atoms with Crippen molar-refractivity contribution in [3.05, 3.63) is 48.5 Å². The molecule has 2 aromatic carbocycles. The van der Waals surface area contributed by atoms with Crippen molar-refractivity contribution in [1.29, 1.82) is 0 Å². The number of hydrogen-bond acceptors (Lipinski definition) is 7. The van der Waals surface area contributed by atoms with Crippen LogP contribution in [0.3, 0.4) is 0 Å². The van der Waals surface area contributed by atoms with E-state index < -0.39 is 0 Å². The zero-order valence-corrected chi connectivity index (χ0v) is 23.3. The minimum absolute atomic E-state index is 0.529. The maximum Gasteiger partial charge on any atom is 0.252 e. The lowest BCUT2D eigenvalue weighted by atomic mass is 10.1. The summed E-state index contributed by atoms with van der Waals surface area (Å²) >= 11 is 1.42. The minimum Gasteiger partial charge on any atom is -0.494 e. The van der Waals surface area contributed by atoms with E-state index in [1.165, 1.54) is 75.5 Å². The Morgan fingerprint density at radius 3 is 1.70 bits per heavy atom. The lowest BCUT2D eigenvalue weighted by molar-refractivity contribution is 0.304. The van der Waals surface area contributed by atoms with E-state index in [0.29, 0.717) is 5.13 Å². The van der Waals surface area contributed by atoms with Crippen LogP contribution in [0.1, 0.15) is 90.9 Å². The fourth-order valence-electron chi connectivity index (χ4n) is 3.92. The number of unbranched alkanes of at least 4 members (excludes halogenated alkanes) is 10. The Morgan fingerprint density at radius 2 is 1.11 bits per heavy atom. The predicted octanol–water partition coefficient (Wildman–Crippen LogP) is 10.1. The van der Waals surface area contributed by atoms with Crippen molar-refractivity contribution < 1.29 is 9.47 Å². The molecule has 0 fully saturated rings. The number of aromatic nitrogens is 2. The molecule has 3 rings (SSSR count). The lowest BCUT2D eigenvalue weighted by Crippen LogP contribution is -1.96. The van der Waals surface area contributed by atoms with E-state index in [0.717, 1.165) is 53.8 Å². The Balaban J connectivity index is 1.37. The molecular weight excluding hydrogens is 480 g/mol. The molecule has 3 aromatic rings. The van der Waals surface area contributed by atoms with Gasteiger partial charge in [-0.1, -0.05) is 89.4 Å². The van der Waals surface area contributed by atoms with E-state index in [1.54, 1.807) is 0 Å². The average Bonchev–Trinajstić information content (AvgIpc) is 3.41. The second-order valence-corrected chi connectivity index (χ2v) is 10.3. The van der Waals surface area contributed by atoms with Crippen LogP contribution in [0, 0.1) is 0 Å². The zero-order valence-electron chi connectivity index (χ0n) is 22.5. The Labute approximate surface area is 226 Å². The number of benzene rings is 2. The predicted molar refractivity (Wildman–Crippen MR) is 154 cm³/mol. The molecule has 0 bridgehead atoms. The maximum absolute atomic E-state index is 5.87. The number of nitrogens with zero attached hydrogens (tertiary/aromatic N) is 4. The third-order valence-electron chi connectivity index (χ3n) is 6.14. The van der Waals surface area contributed by atoms with E-state index in [4.69, 9.17) is 9.47 Å². The van der Waals surface area contributed by atoms with E-state index in [-0.39, 0.29) is 0 Å². The second kappa shape index (κ2) is 17.6. The Kier molecular flexibility index (Phi) is 13.7. The van der Waals surface area contributed by atoms with Crippen LogP contribution in [0.2, 0.25) is 0 Å². The SMILES string of the molecule is CCCCCCCCCCOc1ccc(N=Nc2nnc(-c3ccc(OCCCCCC)cc3)s2)cc1. The molecule has 0 saturated heterocycles. The van der Waals surface area contributed by atoms with Gasteiger partial charge < -0.3 is 9.47 Å². The van der Waals surface area contributed by atoms with Gasteiger partial charge in [-0.15, -0.1) is 20.4 Å². The molecule has 0 aliphatic rings. The molecule has 0 N–H and O–H groups in total. The Bertz CT molecular complexity index is 1020. The topological polar surface area (TPSA) is 69.0 Å². The first-order chi connectivity index (χ1) is 18.3. The van der Waals surface area contributed by atoms with Gasteiger partial charge in [0.2, 0.25) is 0 Å². The summed E-state index contributed by atoms with van der Waals surface area (Å²) < 4.78 is 11.7. The third kappa shape index (κ3) is 11.4. The van der Waals surface area contributed by atoms with Gasteiger partial charge in [-0.3, -0.25) is 0 Å². The van der Waals surface area contributed by atoms with E-state index in [9.17, 15) is 0 Å². The van der Waals surface area contributed by atoms with Crippen molar-refractivity contribution >= 4 is 22.2 Å². The van der Waals surface area contributed by atoms with Crippen LogP contribution >= 0.6 is 11.3 Å². The normalized spacial score (nSPS) is 11.3. The van der Waals surface area contributed by atoms with Crippen LogP contribution in [0.4, 0.5) is 10.8 Å². The van der Waals surface area contributed by atoms with Crippen molar-refractivity contribution in [3.8, 4) is 22.1 Å². The highest BCUT2D eigenvalue weighted by Gasteiger charge is 2.07. The maximum atomic E-state index is 5.87. The van der Waals surface area contributed by atoms with Crippen molar-refractivity contribution in [2.45, 2.75) is 90.9 Å². The summed E-state index contributed by atoms with van der Waals surface area (Å²) in [6.07, 6.45) is 15.2. The summed E-state index contributed by atoms with van der Waals surface area (Å²) in [6, 6.07) is 15.7. The van der Waals surface area contributed by atoms with Crippen molar-refractivity contribution in [2.75, 3.05) is 13.2 Å². The summed E-state index contributed by atoms with van der Waals surface area (Å²) in [5.74, 6) is 1.75. The van der Waals surface area contributed by atoms with Gasteiger partial charge in [-0.05, 0) is 61.4 Å². The zero-order chi connectivity index (χ0) is 26.0. The molecule has 0 atom stereocenters. The first-order valence-corrected chi connectivity index (χ1v) is 14.8. The quantitative estimate of drug-likeness (QED) is 0.116. The monoisotopic (exact) mass is 522 g/mol. The molecular formula is C30H42N4O2S. The molecule has 0 unspecified atom stereocenters. The second-order valence-electron chi connectivity index (χ2n) is 9.34. The molecule has 37 heavy (non-hydrogen) atoms. The van der Waals surface area contributed by atoms with Gasteiger partial charge in [0, 0.05) is 5.56 Å². The summed E-state index contributed by atoms with van der Waals surface area (Å²) in [6.45, 7) is 5.99. The first-order valence-electron chi connectivity index (χ1n) is 14.0. The molecule has 0 spiro atoms. The van der Waals surface area contributed by atoms with Gasteiger partial charge >= 0.3 is 0 Å². The van der Waals surface area contributed by atoms with Crippen LogP contribution in [0.25, 0.3) is 10.6 Å². The summed E-state index contributed by atoms with van der Waals surface area (Å²) in [5.41, 5.74) is 1.76. The van der Waals surface area contributed by atoms with Crippen LogP contribution in [0.5, 0.6) is 11.5 Å². The Hall–Kier alpha value is -2.80. The number of rotatable bonds is 19. The van der Waals surface area contributed by atoms with Crippen LogP contribution in [-0.4, -0.2) is 23.4 Å².